The Labute approximate surface area is 107 Å². The van der Waals surface area contributed by atoms with Gasteiger partial charge >= 0.3 is 0 Å². The third-order valence-corrected chi connectivity index (χ3v) is 3.22. The molecule has 1 aromatic carbocycles. The highest BCUT2D eigenvalue weighted by molar-refractivity contribution is 5.48. The van der Waals surface area contributed by atoms with E-state index in [0.29, 0.717) is 6.54 Å². The van der Waals surface area contributed by atoms with Gasteiger partial charge in [-0.15, -0.1) is 0 Å². The fraction of sp³-hybridized carbons (Fsp3) is 0.538. The van der Waals surface area contributed by atoms with Crippen molar-refractivity contribution >= 4 is 5.69 Å². The second-order valence-corrected chi connectivity index (χ2v) is 4.51. The largest absolute Gasteiger partial charge is 0.497 e. The Morgan fingerprint density at radius 3 is 2.50 bits per heavy atom. The summed E-state index contributed by atoms with van der Waals surface area (Å²) < 4.78 is 10.4. The van der Waals surface area contributed by atoms with E-state index in [1.165, 1.54) is 0 Å². The van der Waals surface area contributed by atoms with Gasteiger partial charge in [0.25, 0.3) is 0 Å². The van der Waals surface area contributed by atoms with Gasteiger partial charge in [-0.2, -0.15) is 0 Å². The number of anilines is 1. The van der Waals surface area contributed by atoms with Crippen LogP contribution >= 0.6 is 0 Å². The van der Waals surface area contributed by atoms with E-state index < -0.39 is 12.2 Å². The first-order valence-electron chi connectivity index (χ1n) is 5.94. The SMILES string of the molecule is COc1ccc(N(C)CC2OC[C@@H](O)[C@H]2O)cc1. The van der Waals surface area contributed by atoms with Crippen molar-refractivity contribution in [3.63, 3.8) is 0 Å². The maximum Gasteiger partial charge on any atom is 0.119 e. The lowest BCUT2D eigenvalue weighted by Gasteiger charge is -2.24. The molecule has 18 heavy (non-hydrogen) atoms. The number of aliphatic hydroxyl groups is 2. The molecule has 5 nitrogen and oxygen atoms in total. The van der Waals surface area contributed by atoms with E-state index in [2.05, 4.69) is 0 Å². The van der Waals surface area contributed by atoms with Crippen molar-refractivity contribution in [3.8, 4) is 5.75 Å². The van der Waals surface area contributed by atoms with Gasteiger partial charge in [-0.25, -0.2) is 0 Å². The summed E-state index contributed by atoms with van der Waals surface area (Å²) in [4.78, 5) is 1.98. The Balaban J connectivity index is 1.96. The minimum absolute atomic E-state index is 0.197. The Morgan fingerprint density at radius 1 is 1.33 bits per heavy atom. The van der Waals surface area contributed by atoms with Crippen molar-refractivity contribution in [3.05, 3.63) is 24.3 Å². The topological polar surface area (TPSA) is 62.2 Å². The molecule has 1 aromatic rings. The number of rotatable bonds is 4. The molecule has 0 bridgehead atoms. The molecule has 0 radical (unpaired) electrons. The van der Waals surface area contributed by atoms with Crippen LogP contribution in [0, 0.1) is 0 Å². The molecule has 3 atom stereocenters. The number of hydrogen-bond donors (Lipinski definition) is 2. The van der Waals surface area contributed by atoms with Crippen LogP contribution in [-0.4, -0.2) is 55.8 Å². The van der Waals surface area contributed by atoms with E-state index in [1.54, 1.807) is 7.11 Å². The Bertz CT molecular complexity index is 381. The predicted octanol–water partition coefficient (Wildman–Crippen LogP) is 0.252. The van der Waals surface area contributed by atoms with Crippen LogP contribution in [0.3, 0.4) is 0 Å². The van der Waals surface area contributed by atoms with Gasteiger partial charge in [0.05, 0.1) is 13.7 Å². The highest BCUT2D eigenvalue weighted by Crippen LogP contribution is 2.21. The van der Waals surface area contributed by atoms with Gasteiger partial charge in [-0.05, 0) is 24.3 Å². The first kappa shape index (κ1) is 13.1. The van der Waals surface area contributed by atoms with Gasteiger partial charge in [0.1, 0.15) is 24.1 Å². The van der Waals surface area contributed by atoms with Crippen LogP contribution < -0.4 is 9.64 Å². The average molecular weight is 253 g/mol. The number of methoxy groups -OCH3 is 1. The molecule has 0 saturated carbocycles. The lowest BCUT2D eigenvalue weighted by atomic mass is 10.1. The third-order valence-electron chi connectivity index (χ3n) is 3.22. The van der Waals surface area contributed by atoms with Gasteiger partial charge in [0.2, 0.25) is 0 Å². The number of likely N-dealkylation sites (N-methyl/N-ethyl adjacent to an activating group) is 1. The molecule has 1 unspecified atom stereocenters. The van der Waals surface area contributed by atoms with Crippen molar-refractivity contribution in [1.82, 2.24) is 0 Å². The van der Waals surface area contributed by atoms with E-state index in [0.717, 1.165) is 11.4 Å². The molecule has 1 fully saturated rings. The highest BCUT2D eigenvalue weighted by atomic mass is 16.5. The summed E-state index contributed by atoms with van der Waals surface area (Å²) in [6, 6.07) is 7.65. The predicted molar refractivity (Wildman–Crippen MR) is 68.0 cm³/mol. The van der Waals surface area contributed by atoms with Crippen molar-refractivity contribution < 1.29 is 19.7 Å². The van der Waals surface area contributed by atoms with Crippen LogP contribution in [0.4, 0.5) is 5.69 Å². The van der Waals surface area contributed by atoms with E-state index >= 15 is 0 Å². The standard InChI is InChI=1S/C13H19NO4/c1-14(7-12-13(16)11(15)8-18-12)9-3-5-10(17-2)6-4-9/h3-6,11-13,15-16H,7-8H2,1-2H3/t11-,12?,13-/m1/s1. The Morgan fingerprint density at radius 2 is 2.00 bits per heavy atom. The van der Waals surface area contributed by atoms with Crippen molar-refractivity contribution in [2.75, 3.05) is 32.2 Å². The summed E-state index contributed by atoms with van der Waals surface area (Å²) in [6.45, 7) is 0.729. The molecule has 2 rings (SSSR count). The fourth-order valence-electron chi connectivity index (χ4n) is 2.04. The van der Waals surface area contributed by atoms with Crippen LogP contribution in [0.1, 0.15) is 0 Å². The molecule has 0 aliphatic carbocycles. The molecule has 5 heteroatoms. The van der Waals surface area contributed by atoms with Gasteiger partial charge in [-0.1, -0.05) is 0 Å². The van der Waals surface area contributed by atoms with Gasteiger partial charge in [0.15, 0.2) is 0 Å². The Hall–Kier alpha value is -1.30. The van der Waals surface area contributed by atoms with Crippen LogP contribution in [0.5, 0.6) is 5.75 Å². The van der Waals surface area contributed by atoms with Crippen LogP contribution in [-0.2, 0) is 4.74 Å². The first-order chi connectivity index (χ1) is 8.61. The quantitative estimate of drug-likeness (QED) is 0.805. The summed E-state index contributed by atoms with van der Waals surface area (Å²) in [5.74, 6) is 0.805. The second-order valence-electron chi connectivity index (χ2n) is 4.51. The first-order valence-corrected chi connectivity index (χ1v) is 5.94. The van der Waals surface area contributed by atoms with E-state index in [-0.39, 0.29) is 12.7 Å². The molecule has 0 aromatic heterocycles. The van der Waals surface area contributed by atoms with Crippen LogP contribution in [0.15, 0.2) is 24.3 Å². The molecule has 2 N–H and O–H groups in total. The average Bonchev–Trinajstić information content (AvgIpc) is 2.71. The normalized spacial score (nSPS) is 27.2. The van der Waals surface area contributed by atoms with E-state index in [9.17, 15) is 10.2 Å². The maximum atomic E-state index is 9.71. The molecular formula is C13H19NO4. The Kier molecular flexibility index (Phi) is 4.06. The minimum atomic E-state index is -0.814. The monoisotopic (exact) mass is 253 g/mol. The number of benzene rings is 1. The molecule has 1 aliphatic heterocycles. The zero-order valence-electron chi connectivity index (χ0n) is 10.6. The van der Waals surface area contributed by atoms with Crippen molar-refractivity contribution in [2.24, 2.45) is 0 Å². The number of ether oxygens (including phenoxy) is 2. The summed E-state index contributed by atoms with van der Waals surface area (Å²) in [6.07, 6.45) is -1.95. The van der Waals surface area contributed by atoms with Gasteiger partial charge < -0.3 is 24.6 Å². The van der Waals surface area contributed by atoms with Crippen molar-refractivity contribution in [1.29, 1.82) is 0 Å². The summed E-state index contributed by atoms with van der Waals surface area (Å²) in [7, 11) is 3.55. The third kappa shape index (κ3) is 2.75. The highest BCUT2D eigenvalue weighted by Gasteiger charge is 2.35. The van der Waals surface area contributed by atoms with Crippen LogP contribution in [0.2, 0.25) is 0 Å². The van der Waals surface area contributed by atoms with E-state index in [4.69, 9.17) is 9.47 Å². The molecular weight excluding hydrogens is 234 g/mol. The zero-order valence-corrected chi connectivity index (χ0v) is 10.6. The lowest BCUT2D eigenvalue weighted by Crippen LogP contribution is -2.38. The summed E-state index contributed by atoms with van der Waals surface area (Å²) in [5, 5.41) is 19.1. The van der Waals surface area contributed by atoms with Gasteiger partial charge in [0, 0.05) is 19.3 Å². The fourth-order valence-corrected chi connectivity index (χ4v) is 2.04. The molecule has 0 amide bonds. The molecule has 1 aliphatic rings. The summed E-state index contributed by atoms with van der Waals surface area (Å²) >= 11 is 0. The van der Waals surface area contributed by atoms with Gasteiger partial charge in [-0.3, -0.25) is 0 Å². The maximum absolute atomic E-state index is 9.71. The lowest BCUT2D eigenvalue weighted by molar-refractivity contribution is 0.0271. The smallest absolute Gasteiger partial charge is 0.119 e. The molecule has 100 valence electrons. The number of aliphatic hydroxyl groups excluding tert-OH is 2. The van der Waals surface area contributed by atoms with Crippen LogP contribution in [0.25, 0.3) is 0 Å². The number of nitrogens with zero attached hydrogens (tertiary/aromatic N) is 1. The van der Waals surface area contributed by atoms with E-state index in [1.807, 2.05) is 36.2 Å². The molecule has 0 spiro atoms. The van der Waals surface area contributed by atoms with Crippen molar-refractivity contribution in [2.45, 2.75) is 18.3 Å². The zero-order chi connectivity index (χ0) is 13.1. The molecule has 1 heterocycles. The number of hydrogen-bond acceptors (Lipinski definition) is 5. The second kappa shape index (κ2) is 5.56. The summed E-state index contributed by atoms with van der Waals surface area (Å²) in [5.41, 5.74) is 1.01. The minimum Gasteiger partial charge on any atom is -0.497 e. The molecule has 1 saturated heterocycles.